The summed E-state index contributed by atoms with van der Waals surface area (Å²) >= 11 is 0. The van der Waals surface area contributed by atoms with Crippen molar-refractivity contribution in [2.24, 2.45) is 0 Å². The summed E-state index contributed by atoms with van der Waals surface area (Å²) in [5, 5.41) is 4.54. The molecule has 0 aliphatic heterocycles. The number of aromatic nitrogens is 4. The molecule has 8 aromatic carbocycles. The van der Waals surface area contributed by atoms with E-state index >= 15 is 0 Å². The molecular weight excluding hydrogens is 697 g/mol. The molecule has 57 heavy (non-hydrogen) atoms. The molecule has 0 aliphatic carbocycles. The lowest BCUT2D eigenvalue weighted by atomic mass is 9.92. The van der Waals surface area contributed by atoms with Gasteiger partial charge >= 0.3 is 0 Å². The Balaban J connectivity index is 1.11. The van der Waals surface area contributed by atoms with E-state index in [4.69, 9.17) is 19.4 Å². The summed E-state index contributed by atoms with van der Waals surface area (Å²) in [5.41, 5.74) is 12.8. The third-order valence-electron chi connectivity index (χ3n) is 10.9. The Labute approximate surface area is 329 Å². The molecule has 0 spiro atoms. The van der Waals surface area contributed by atoms with E-state index in [0.29, 0.717) is 23.9 Å². The molecule has 0 N–H and O–H groups in total. The fourth-order valence-electron chi connectivity index (χ4n) is 8.37. The highest BCUT2D eigenvalue weighted by Crippen LogP contribution is 2.42. The van der Waals surface area contributed by atoms with Crippen molar-refractivity contribution in [3.63, 3.8) is 0 Å². The number of fused-ring (bicyclic) bond motifs is 6. The number of furan rings is 1. The topological polar surface area (TPSA) is 56.7 Å². The lowest BCUT2D eigenvalue weighted by Gasteiger charge is -2.13. The third kappa shape index (κ3) is 5.68. The van der Waals surface area contributed by atoms with E-state index in [-0.39, 0.29) is 0 Å². The summed E-state index contributed by atoms with van der Waals surface area (Å²) in [6.07, 6.45) is 0.521. The number of benzene rings is 8. The molecular formula is C52H34N4O. The second-order valence-electron chi connectivity index (χ2n) is 14.3. The fourth-order valence-corrected chi connectivity index (χ4v) is 8.37. The van der Waals surface area contributed by atoms with Crippen LogP contribution in [-0.4, -0.2) is 19.5 Å². The van der Waals surface area contributed by atoms with Crippen LogP contribution in [-0.2, 0) is 6.42 Å². The maximum atomic E-state index is 6.57. The molecule has 11 aromatic rings. The molecule has 11 rings (SSSR count). The van der Waals surface area contributed by atoms with Crippen molar-refractivity contribution >= 4 is 43.7 Å². The highest BCUT2D eigenvalue weighted by atomic mass is 16.3. The van der Waals surface area contributed by atoms with Crippen molar-refractivity contribution in [2.75, 3.05) is 0 Å². The van der Waals surface area contributed by atoms with Crippen molar-refractivity contribution in [1.29, 1.82) is 0 Å². The predicted molar refractivity (Wildman–Crippen MR) is 232 cm³/mol. The number of para-hydroxylation sites is 2. The molecule has 0 bridgehead atoms. The van der Waals surface area contributed by atoms with Gasteiger partial charge in [-0.25, -0.2) is 15.0 Å². The van der Waals surface area contributed by atoms with E-state index in [0.717, 1.165) is 60.9 Å². The molecule has 0 saturated carbocycles. The lowest BCUT2D eigenvalue weighted by Crippen LogP contribution is -2.05. The lowest BCUT2D eigenvalue weighted by molar-refractivity contribution is 0.669. The van der Waals surface area contributed by atoms with Crippen LogP contribution in [0.25, 0.3) is 94.5 Å². The van der Waals surface area contributed by atoms with Gasteiger partial charge < -0.3 is 8.98 Å². The minimum absolute atomic E-state index is 0.521. The van der Waals surface area contributed by atoms with Crippen LogP contribution in [0.4, 0.5) is 0 Å². The van der Waals surface area contributed by atoms with E-state index in [1.165, 1.54) is 27.5 Å². The number of rotatable bonds is 7. The maximum Gasteiger partial charge on any atom is 0.163 e. The van der Waals surface area contributed by atoms with Crippen LogP contribution < -0.4 is 0 Å². The van der Waals surface area contributed by atoms with Crippen molar-refractivity contribution in [1.82, 2.24) is 19.5 Å². The van der Waals surface area contributed by atoms with Gasteiger partial charge in [-0.2, -0.15) is 0 Å². The van der Waals surface area contributed by atoms with Crippen LogP contribution in [0, 0.1) is 0 Å². The molecule has 0 unspecified atom stereocenters. The van der Waals surface area contributed by atoms with E-state index in [1.54, 1.807) is 0 Å². The molecule has 3 aromatic heterocycles. The van der Waals surface area contributed by atoms with E-state index in [1.807, 2.05) is 60.7 Å². The normalized spacial score (nSPS) is 11.6. The Morgan fingerprint density at radius 3 is 1.75 bits per heavy atom. The van der Waals surface area contributed by atoms with Gasteiger partial charge in [-0.05, 0) is 58.1 Å². The Bertz CT molecular complexity index is 3200. The van der Waals surface area contributed by atoms with Crippen molar-refractivity contribution in [3.8, 4) is 50.7 Å². The molecule has 0 aliphatic rings. The molecule has 5 heteroatoms. The zero-order valence-electron chi connectivity index (χ0n) is 30.9. The SMILES string of the molecule is c1ccc(-c2nc(Cc3cccc4c5ccccc5n(-c5ccc6oc7cccc(-c8ccccc8-c8ccccc8)c7c6c5)c34)nc(-c3ccccc3)n2)cc1. The summed E-state index contributed by atoms with van der Waals surface area (Å²) < 4.78 is 8.97. The first-order chi connectivity index (χ1) is 28.3. The fraction of sp³-hybridized carbons (Fsp3) is 0.0192. The molecule has 0 fully saturated rings. The molecule has 0 atom stereocenters. The average Bonchev–Trinajstić information content (AvgIpc) is 3.83. The standard InChI is InChI=1S/C52H34N4O/c1-4-16-34(17-5-1)39-23-10-11-24-40(39)42-26-15-29-47-49(42)44-33-38(30-31-46(44)57-47)56-45-28-13-12-25-41(45)43-27-14-22-37(50(43)56)32-48-53-51(35-18-6-2-7-19-35)55-52(54-48)36-20-8-3-9-21-36/h1-31,33H,32H2. The van der Waals surface area contributed by atoms with Crippen molar-refractivity contribution < 1.29 is 4.42 Å². The summed E-state index contributed by atoms with van der Waals surface area (Å²) in [6, 6.07) is 67.7. The molecule has 0 amide bonds. The van der Waals surface area contributed by atoms with Gasteiger partial charge in [-0.3, -0.25) is 0 Å². The van der Waals surface area contributed by atoms with E-state index in [9.17, 15) is 0 Å². The third-order valence-corrected chi connectivity index (χ3v) is 10.9. The summed E-state index contributed by atoms with van der Waals surface area (Å²) in [6.45, 7) is 0. The molecule has 5 nitrogen and oxygen atoms in total. The number of hydrogen-bond acceptors (Lipinski definition) is 4. The monoisotopic (exact) mass is 730 g/mol. The first-order valence-electron chi connectivity index (χ1n) is 19.2. The van der Waals surface area contributed by atoms with E-state index in [2.05, 4.69) is 138 Å². The van der Waals surface area contributed by atoms with Crippen LogP contribution >= 0.6 is 0 Å². The summed E-state index contributed by atoms with van der Waals surface area (Å²) in [7, 11) is 0. The van der Waals surface area contributed by atoms with Gasteiger partial charge in [0.2, 0.25) is 0 Å². The zero-order chi connectivity index (χ0) is 37.7. The van der Waals surface area contributed by atoms with Gasteiger partial charge in [0, 0.05) is 44.8 Å². The Morgan fingerprint density at radius 1 is 0.421 bits per heavy atom. The van der Waals surface area contributed by atoms with Crippen LogP contribution in [0.15, 0.2) is 199 Å². The zero-order valence-corrected chi connectivity index (χ0v) is 30.9. The van der Waals surface area contributed by atoms with Crippen LogP contribution in [0.2, 0.25) is 0 Å². The molecule has 0 saturated heterocycles. The minimum Gasteiger partial charge on any atom is -0.456 e. The van der Waals surface area contributed by atoms with Crippen LogP contribution in [0.1, 0.15) is 11.4 Å². The van der Waals surface area contributed by atoms with Crippen molar-refractivity contribution in [2.45, 2.75) is 6.42 Å². The highest BCUT2D eigenvalue weighted by Gasteiger charge is 2.20. The van der Waals surface area contributed by atoms with Gasteiger partial charge in [0.15, 0.2) is 11.6 Å². The van der Waals surface area contributed by atoms with Gasteiger partial charge in [-0.1, -0.05) is 164 Å². The van der Waals surface area contributed by atoms with Crippen LogP contribution in [0.3, 0.4) is 0 Å². The summed E-state index contributed by atoms with van der Waals surface area (Å²) in [5.74, 6) is 2.04. The summed E-state index contributed by atoms with van der Waals surface area (Å²) in [4.78, 5) is 15.1. The smallest absolute Gasteiger partial charge is 0.163 e. The second-order valence-corrected chi connectivity index (χ2v) is 14.3. The Morgan fingerprint density at radius 2 is 1.02 bits per heavy atom. The van der Waals surface area contributed by atoms with Gasteiger partial charge in [0.1, 0.15) is 17.0 Å². The minimum atomic E-state index is 0.521. The predicted octanol–water partition coefficient (Wildman–Crippen LogP) is 13.1. The highest BCUT2D eigenvalue weighted by molar-refractivity contribution is 6.15. The quantitative estimate of drug-likeness (QED) is 0.164. The Kier molecular flexibility index (Phi) is 7.81. The van der Waals surface area contributed by atoms with Gasteiger partial charge in [0.05, 0.1) is 11.0 Å². The van der Waals surface area contributed by atoms with Gasteiger partial charge in [-0.15, -0.1) is 0 Å². The van der Waals surface area contributed by atoms with Gasteiger partial charge in [0.25, 0.3) is 0 Å². The number of hydrogen-bond donors (Lipinski definition) is 0. The molecule has 3 heterocycles. The first kappa shape index (κ1) is 32.8. The largest absolute Gasteiger partial charge is 0.456 e. The van der Waals surface area contributed by atoms with Crippen LogP contribution in [0.5, 0.6) is 0 Å². The number of nitrogens with zero attached hydrogens (tertiary/aromatic N) is 4. The maximum absolute atomic E-state index is 6.57. The average molecular weight is 731 g/mol. The molecule has 0 radical (unpaired) electrons. The van der Waals surface area contributed by atoms with Crippen molar-refractivity contribution in [3.05, 3.63) is 206 Å². The Hall–Kier alpha value is -7.63. The van der Waals surface area contributed by atoms with E-state index < -0.39 is 0 Å². The molecule has 268 valence electrons. The second kappa shape index (κ2) is 13.6. The first-order valence-corrected chi connectivity index (χ1v) is 19.2.